The highest BCUT2D eigenvalue weighted by atomic mass is 16.6. The summed E-state index contributed by atoms with van der Waals surface area (Å²) >= 11 is 0. The molecule has 0 aromatic carbocycles. The van der Waals surface area contributed by atoms with E-state index in [4.69, 9.17) is 4.74 Å². The Morgan fingerprint density at radius 1 is 1.46 bits per heavy atom. The van der Waals surface area contributed by atoms with Crippen LogP contribution >= 0.6 is 0 Å². The SMILES string of the molecule is CCC(C)=NNC(=O)OC(C)(C)C. The zero-order chi connectivity index (χ0) is 10.5. The van der Waals surface area contributed by atoms with Crippen LogP contribution in [0.1, 0.15) is 41.0 Å². The Bertz CT molecular complexity index is 204. The molecule has 0 aliphatic heterocycles. The van der Waals surface area contributed by atoms with Crippen LogP contribution in [0.2, 0.25) is 0 Å². The fourth-order valence-corrected chi connectivity index (χ4v) is 0.521. The molecular weight excluding hydrogens is 168 g/mol. The van der Waals surface area contributed by atoms with Crippen molar-refractivity contribution in [2.45, 2.75) is 46.6 Å². The molecule has 0 unspecified atom stereocenters. The summed E-state index contributed by atoms with van der Waals surface area (Å²) in [5, 5.41) is 3.82. The van der Waals surface area contributed by atoms with Crippen LogP contribution in [0, 0.1) is 0 Å². The molecule has 0 saturated heterocycles. The topological polar surface area (TPSA) is 50.7 Å². The normalized spacial score (nSPS) is 12.5. The fourth-order valence-electron chi connectivity index (χ4n) is 0.521. The third-order valence-electron chi connectivity index (χ3n) is 1.25. The molecule has 0 aliphatic rings. The highest BCUT2D eigenvalue weighted by Gasteiger charge is 2.15. The Hall–Kier alpha value is -1.06. The van der Waals surface area contributed by atoms with Crippen molar-refractivity contribution in [3.63, 3.8) is 0 Å². The van der Waals surface area contributed by atoms with Gasteiger partial charge >= 0.3 is 6.09 Å². The number of hydrogen-bond donors (Lipinski definition) is 1. The van der Waals surface area contributed by atoms with Crippen molar-refractivity contribution >= 4 is 11.8 Å². The van der Waals surface area contributed by atoms with E-state index in [1.54, 1.807) is 0 Å². The number of nitrogens with one attached hydrogen (secondary N) is 1. The molecular formula is C9H18N2O2. The van der Waals surface area contributed by atoms with Gasteiger partial charge in [0.25, 0.3) is 0 Å². The van der Waals surface area contributed by atoms with E-state index in [1.165, 1.54) is 0 Å². The second-order valence-corrected chi connectivity index (χ2v) is 3.81. The zero-order valence-corrected chi connectivity index (χ0v) is 8.97. The summed E-state index contributed by atoms with van der Waals surface area (Å²) in [6, 6.07) is 0. The van der Waals surface area contributed by atoms with Crippen molar-refractivity contribution in [1.29, 1.82) is 0 Å². The summed E-state index contributed by atoms with van der Waals surface area (Å²) in [6.45, 7) is 9.24. The molecule has 13 heavy (non-hydrogen) atoms. The summed E-state index contributed by atoms with van der Waals surface area (Å²) < 4.78 is 4.98. The summed E-state index contributed by atoms with van der Waals surface area (Å²) in [5.74, 6) is 0. The largest absolute Gasteiger partial charge is 0.443 e. The first-order chi connectivity index (χ1) is 5.85. The molecule has 4 heteroatoms. The van der Waals surface area contributed by atoms with Gasteiger partial charge in [-0.15, -0.1) is 0 Å². The molecule has 0 heterocycles. The number of hydrogen-bond acceptors (Lipinski definition) is 3. The van der Waals surface area contributed by atoms with E-state index in [2.05, 4.69) is 10.5 Å². The molecule has 0 aliphatic carbocycles. The minimum atomic E-state index is -0.514. The maximum absolute atomic E-state index is 11.0. The second-order valence-electron chi connectivity index (χ2n) is 3.81. The molecule has 76 valence electrons. The molecule has 0 rings (SSSR count). The van der Waals surface area contributed by atoms with Crippen LogP contribution in [0.4, 0.5) is 4.79 Å². The number of carbonyl (C=O) groups excluding carboxylic acids is 1. The van der Waals surface area contributed by atoms with E-state index in [9.17, 15) is 4.79 Å². The van der Waals surface area contributed by atoms with Gasteiger partial charge in [0.05, 0.1) is 0 Å². The predicted molar refractivity (Wildman–Crippen MR) is 52.8 cm³/mol. The van der Waals surface area contributed by atoms with E-state index < -0.39 is 11.7 Å². The molecule has 0 aromatic rings. The van der Waals surface area contributed by atoms with Crippen molar-refractivity contribution in [3.8, 4) is 0 Å². The minimum absolute atomic E-state index is 0.472. The highest BCUT2D eigenvalue weighted by Crippen LogP contribution is 2.06. The predicted octanol–water partition coefficient (Wildman–Crippen LogP) is 2.30. The van der Waals surface area contributed by atoms with Gasteiger partial charge < -0.3 is 4.74 Å². The lowest BCUT2D eigenvalue weighted by Crippen LogP contribution is -2.30. The first kappa shape index (κ1) is 11.9. The molecule has 1 N–H and O–H groups in total. The number of amides is 1. The lowest BCUT2D eigenvalue weighted by molar-refractivity contribution is 0.0529. The van der Waals surface area contributed by atoms with Gasteiger partial charge in [0.2, 0.25) is 0 Å². The van der Waals surface area contributed by atoms with Crippen LogP contribution in [-0.2, 0) is 4.74 Å². The third kappa shape index (κ3) is 7.31. The monoisotopic (exact) mass is 186 g/mol. The summed E-state index contributed by atoms with van der Waals surface area (Å²) in [5.41, 5.74) is 2.71. The molecule has 0 atom stereocenters. The molecule has 0 fully saturated rings. The standard InChI is InChI=1S/C9H18N2O2/c1-6-7(2)10-11-8(12)13-9(3,4)5/h6H2,1-5H3,(H,11,12). The number of rotatable bonds is 2. The van der Waals surface area contributed by atoms with Crippen LogP contribution in [-0.4, -0.2) is 17.4 Å². The Labute approximate surface area is 79.3 Å². The Balaban J connectivity index is 3.90. The van der Waals surface area contributed by atoms with Gasteiger partial charge in [0, 0.05) is 5.71 Å². The quantitative estimate of drug-likeness (QED) is 0.531. The van der Waals surface area contributed by atoms with E-state index in [-0.39, 0.29) is 0 Å². The second kappa shape index (κ2) is 4.84. The van der Waals surface area contributed by atoms with Crippen molar-refractivity contribution < 1.29 is 9.53 Å². The lowest BCUT2D eigenvalue weighted by Gasteiger charge is -2.18. The maximum atomic E-state index is 11.0. The van der Waals surface area contributed by atoms with E-state index in [0.717, 1.165) is 12.1 Å². The molecule has 0 spiro atoms. The van der Waals surface area contributed by atoms with Gasteiger partial charge in [-0.25, -0.2) is 10.2 Å². The Morgan fingerprint density at radius 3 is 2.38 bits per heavy atom. The fraction of sp³-hybridized carbons (Fsp3) is 0.778. The Kier molecular flexibility index (Phi) is 4.45. The highest BCUT2D eigenvalue weighted by molar-refractivity contribution is 5.82. The van der Waals surface area contributed by atoms with E-state index in [0.29, 0.717) is 0 Å². The van der Waals surface area contributed by atoms with Crippen LogP contribution in [0.3, 0.4) is 0 Å². The van der Waals surface area contributed by atoms with Gasteiger partial charge in [-0.3, -0.25) is 0 Å². The molecule has 0 aromatic heterocycles. The maximum Gasteiger partial charge on any atom is 0.428 e. The van der Waals surface area contributed by atoms with Gasteiger partial charge in [-0.05, 0) is 34.1 Å². The van der Waals surface area contributed by atoms with Crippen LogP contribution in [0.5, 0.6) is 0 Å². The number of hydrazone groups is 1. The van der Waals surface area contributed by atoms with Crippen molar-refractivity contribution in [2.24, 2.45) is 5.10 Å². The van der Waals surface area contributed by atoms with Crippen molar-refractivity contribution in [3.05, 3.63) is 0 Å². The van der Waals surface area contributed by atoms with Crippen molar-refractivity contribution in [2.75, 3.05) is 0 Å². The summed E-state index contributed by atoms with van der Waals surface area (Å²) in [7, 11) is 0. The number of ether oxygens (including phenoxy) is 1. The van der Waals surface area contributed by atoms with E-state index in [1.807, 2.05) is 34.6 Å². The van der Waals surface area contributed by atoms with Crippen LogP contribution in [0.15, 0.2) is 5.10 Å². The van der Waals surface area contributed by atoms with E-state index >= 15 is 0 Å². The molecule has 4 nitrogen and oxygen atoms in total. The van der Waals surface area contributed by atoms with Gasteiger partial charge in [-0.2, -0.15) is 5.10 Å². The van der Waals surface area contributed by atoms with Gasteiger partial charge in [-0.1, -0.05) is 6.92 Å². The minimum Gasteiger partial charge on any atom is -0.443 e. The molecule has 0 radical (unpaired) electrons. The number of nitrogens with zero attached hydrogens (tertiary/aromatic N) is 1. The third-order valence-corrected chi connectivity index (χ3v) is 1.25. The average molecular weight is 186 g/mol. The smallest absolute Gasteiger partial charge is 0.428 e. The average Bonchev–Trinajstić information content (AvgIpc) is 1.97. The van der Waals surface area contributed by atoms with Gasteiger partial charge in [0.1, 0.15) is 5.60 Å². The van der Waals surface area contributed by atoms with Crippen LogP contribution in [0.25, 0.3) is 0 Å². The summed E-state index contributed by atoms with van der Waals surface area (Å²) in [4.78, 5) is 11.0. The first-order valence-electron chi connectivity index (χ1n) is 4.37. The first-order valence-corrected chi connectivity index (χ1v) is 4.37. The summed E-state index contributed by atoms with van der Waals surface area (Å²) in [6.07, 6.45) is 0.302. The Morgan fingerprint density at radius 2 is 2.00 bits per heavy atom. The lowest BCUT2D eigenvalue weighted by atomic mass is 10.2. The zero-order valence-electron chi connectivity index (χ0n) is 8.97. The number of carbonyl (C=O) groups is 1. The molecule has 0 bridgehead atoms. The van der Waals surface area contributed by atoms with Crippen molar-refractivity contribution in [1.82, 2.24) is 5.43 Å². The van der Waals surface area contributed by atoms with Crippen LogP contribution < -0.4 is 5.43 Å². The molecule has 0 saturated carbocycles. The van der Waals surface area contributed by atoms with Gasteiger partial charge in [0.15, 0.2) is 0 Å². The molecule has 1 amide bonds.